The maximum atomic E-state index is 12.4. The first-order valence-electron chi connectivity index (χ1n) is 20.1. The Bertz CT molecular complexity index is 1400. The highest BCUT2D eigenvalue weighted by molar-refractivity contribution is 6.42. The van der Waals surface area contributed by atoms with E-state index in [1.807, 2.05) is 0 Å². The molecular weight excluding hydrogens is 679 g/mol. The van der Waals surface area contributed by atoms with Crippen molar-refractivity contribution in [1.29, 1.82) is 0 Å². The third-order valence-electron chi connectivity index (χ3n) is 13.8. The monoisotopic (exact) mass is 742 g/mol. The Kier molecular flexibility index (Phi) is 14.2. The lowest BCUT2D eigenvalue weighted by Gasteiger charge is -2.58. The van der Waals surface area contributed by atoms with Crippen LogP contribution in [0.3, 0.4) is 0 Å². The van der Waals surface area contributed by atoms with E-state index in [1.54, 1.807) is 23.8 Å². The quantitative estimate of drug-likeness (QED) is 0.0946. The molecule has 3 unspecified atom stereocenters. The highest BCUT2D eigenvalue weighted by atomic mass is 35.5. The number of carbonyl (C=O) groups excluding carboxylic acids is 3. The molecule has 1 aromatic carbocycles. The summed E-state index contributed by atoms with van der Waals surface area (Å²) in [6, 6.07) is 4.42. The molecule has 4 aliphatic rings. The fraction of sp³-hybridized carbons (Fsp3) is 0.744. The molecular formula is C43H64Cl2N2O4. The highest BCUT2D eigenvalue weighted by Crippen LogP contribution is 2.67. The van der Waals surface area contributed by atoms with Gasteiger partial charge >= 0.3 is 0 Å². The molecule has 4 aliphatic carbocycles. The first-order chi connectivity index (χ1) is 24.3. The zero-order valence-electron chi connectivity index (χ0n) is 31.9. The summed E-state index contributed by atoms with van der Waals surface area (Å²) in [6.45, 7) is 13.7. The first kappa shape index (κ1) is 40.3. The van der Waals surface area contributed by atoms with Crippen LogP contribution < -0.4 is 10.6 Å². The molecule has 51 heavy (non-hydrogen) atoms. The molecule has 0 aromatic heterocycles. The Morgan fingerprint density at radius 2 is 1.75 bits per heavy atom. The maximum Gasteiger partial charge on any atom is 0.221 e. The van der Waals surface area contributed by atoms with Gasteiger partial charge in [0.2, 0.25) is 11.8 Å². The fourth-order valence-corrected chi connectivity index (χ4v) is 11.3. The number of hydrogen-bond donors (Lipinski definition) is 2. The second-order valence-corrected chi connectivity index (χ2v) is 18.3. The molecule has 2 amide bonds. The molecule has 0 heterocycles. The van der Waals surface area contributed by atoms with Crippen LogP contribution in [0.4, 0.5) is 0 Å². The largest absolute Gasteiger partial charge is 0.378 e. The van der Waals surface area contributed by atoms with E-state index >= 15 is 0 Å². The van der Waals surface area contributed by atoms with Gasteiger partial charge in [-0.3, -0.25) is 9.59 Å². The van der Waals surface area contributed by atoms with Gasteiger partial charge in [-0.05, 0) is 128 Å². The van der Waals surface area contributed by atoms with Crippen molar-refractivity contribution >= 4 is 41.3 Å². The van der Waals surface area contributed by atoms with E-state index in [2.05, 4.69) is 51.3 Å². The lowest BCUT2D eigenvalue weighted by molar-refractivity contribution is -0.127. The number of aldehydes is 1. The number of fused-ring (bicyclic) bond motifs is 5. The molecule has 8 heteroatoms. The van der Waals surface area contributed by atoms with Gasteiger partial charge in [-0.15, -0.1) is 0 Å². The molecule has 6 nitrogen and oxygen atoms in total. The third-order valence-corrected chi connectivity index (χ3v) is 14.5. The molecule has 2 N–H and O–H groups in total. The SMILES string of the molecule is CC(C)CCC[C@@H](C)[C@H]1CCC2C3CC=C4C[C@@H](OCCCNC(=O)CCC(=O)N[C@H](C=O)Cc5ccc(Cl)c(Cl)c5)CC[C@]4(C)C3CC[C@@]21C. The zero-order chi connectivity index (χ0) is 36.8. The summed E-state index contributed by atoms with van der Waals surface area (Å²) in [5, 5.41) is 6.44. The Morgan fingerprint density at radius 1 is 0.961 bits per heavy atom. The summed E-state index contributed by atoms with van der Waals surface area (Å²) >= 11 is 12.0. The summed E-state index contributed by atoms with van der Waals surface area (Å²) < 4.78 is 6.38. The van der Waals surface area contributed by atoms with E-state index < -0.39 is 6.04 Å². The van der Waals surface area contributed by atoms with Crippen LogP contribution in [0.5, 0.6) is 0 Å². The van der Waals surface area contributed by atoms with Gasteiger partial charge in [-0.2, -0.15) is 0 Å². The van der Waals surface area contributed by atoms with E-state index in [4.69, 9.17) is 27.9 Å². The number of ether oxygens (including phenoxy) is 1. The summed E-state index contributed by atoms with van der Waals surface area (Å²) in [4.78, 5) is 36.4. The molecule has 284 valence electrons. The van der Waals surface area contributed by atoms with Crippen LogP contribution in [0.25, 0.3) is 0 Å². The van der Waals surface area contributed by atoms with Crippen LogP contribution in [-0.4, -0.2) is 43.4 Å². The lowest BCUT2D eigenvalue weighted by Crippen LogP contribution is -2.51. The number of nitrogens with one attached hydrogen (secondary N) is 2. The summed E-state index contributed by atoms with van der Waals surface area (Å²) in [7, 11) is 0. The van der Waals surface area contributed by atoms with E-state index in [0.717, 1.165) is 60.3 Å². The second kappa shape index (κ2) is 18.0. The molecule has 0 spiro atoms. The average Bonchev–Trinajstić information content (AvgIpc) is 3.45. The Balaban J connectivity index is 0.997. The Morgan fingerprint density at radius 3 is 2.49 bits per heavy atom. The highest BCUT2D eigenvalue weighted by Gasteiger charge is 2.59. The normalized spacial score (nSPS) is 31.1. The summed E-state index contributed by atoms with van der Waals surface area (Å²) in [5.74, 6) is 4.60. The zero-order valence-corrected chi connectivity index (χ0v) is 33.4. The predicted molar refractivity (Wildman–Crippen MR) is 208 cm³/mol. The number of amides is 2. The number of hydrogen-bond acceptors (Lipinski definition) is 4. The molecule has 3 saturated carbocycles. The van der Waals surface area contributed by atoms with Gasteiger partial charge in [0.25, 0.3) is 0 Å². The smallest absolute Gasteiger partial charge is 0.221 e. The van der Waals surface area contributed by atoms with E-state index in [1.165, 1.54) is 57.8 Å². The van der Waals surface area contributed by atoms with E-state index in [-0.39, 0.29) is 30.8 Å². The molecule has 5 rings (SSSR count). The van der Waals surface area contributed by atoms with Crippen molar-refractivity contribution in [2.45, 2.75) is 143 Å². The third kappa shape index (κ3) is 9.81. The van der Waals surface area contributed by atoms with Crippen molar-refractivity contribution in [3.63, 3.8) is 0 Å². The van der Waals surface area contributed by atoms with Crippen molar-refractivity contribution in [2.24, 2.45) is 46.3 Å². The molecule has 9 atom stereocenters. The molecule has 0 saturated heterocycles. The number of allylic oxidation sites excluding steroid dienone is 1. The standard InChI is InChI=1S/C43H64Cl2N2O4/c1-28(2)8-6-9-29(3)35-13-14-36-34-12-11-31-26-33(18-20-42(31,4)37(34)19-21-43(35,36)5)51-23-7-22-46-40(49)16-17-41(50)47-32(27-48)24-30-10-15-38(44)39(45)25-30/h10-11,15,25,27-29,32-37H,6-9,12-14,16-24,26H2,1-5H3,(H,46,49)(H,47,50)/t29-,32+,33+,34?,35-,36?,37?,42+,43-/m1/s1. The van der Waals surface area contributed by atoms with Gasteiger partial charge in [-0.1, -0.05) is 94.8 Å². The minimum atomic E-state index is -0.699. The van der Waals surface area contributed by atoms with Gasteiger partial charge in [0.15, 0.2) is 0 Å². The van der Waals surface area contributed by atoms with Crippen LogP contribution in [0.1, 0.15) is 130 Å². The van der Waals surface area contributed by atoms with Crippen molar-refractivity contribution < 1.29 is 19.1 Å². The topological polar surface area (TPSA) is 84.5 Å². The Hall–Kier alpha value is -1.89. The number of rotatable bonds is 17. The molecule has 1 aromatic rings. The fourth-order valence-electron chi connectivity index (χ4n) is 11.0. The van der Waals surface area contributed by atoms with Crippen LogP contribution >= 0.6 is 23.2 Å². The van der Waals surface area contributed by atoms with Gasteiger partial charge in [0, 0.05) is 26.0 Å². The molecule has 0 bridgehead atoms. The maximum absolute atomic E-state index is 12.4. The Labute approximate surface area is 318 Å². The molecule has 0 aliphatic heterocycles. The molecule has 0 radical (unpaired) electrons. The number of benzene rings is 1. The van der Waals surface area contributed by atoms with Crippen molar-refractivity contribution in [3.05, 3.63) is 45.5 Å². The minimum Gasteiger partial charge on any atom is -0.378 e. The van der Waals surface area contributed by atoms with Crippen molar-refractivity contribution in [2.75, 3.05) is 13.2 Å². The summed E-state index contributed by atoms with van der Waals surface area (Å²) in [6.07, 6.45) is 19.2. The predicted octanol–water partition coefficient (Wildman–Crippen LogP) is 9.93. The second-order valence-electron chi connectivity index (χ2n) is 17.5. The minimum absolute atomic E-state index is 0.0178. The van der Waals surface area contributed by atoms with Crippen molar-refractivity contribution in [3.8, 4) is 0 Å². The lowest BCUT2D eigenvalue weighted by atomic mass is 9.47. The van der Waals surface area contributed by atoms with Crippen LogP contribution in [0, 0.1) is 46.3 Å². The van der Waals surface area contributed by atoms with Crippen LogP contribution in [0.2, 0.25) is 10.0 Å². The van der Waals surface area contributed by atoms with E-state index in [9.17, 15) is 14.4 Å². The van der Waals surface area contributed by atoms with Gasteiger partial charge < -0.3 is 20.2 Å². The number of halogens is 2. The van der Waals surface area contributed by atoms with Gasteiger partial charge in [0.1, 0.15) is 6.29 Å². The average molecular weight is 744 g/mol. The van der Waals surface area contributed by atoms with Crippen molar-refractivity contribution in [1.82, 2.24) is 10.6 Å². The van der Waals surface area contributed by atoms with Gasteiger partial charge in [0.05, 0.1) is 22.2 Å². The van der Waals surface area contributed by atoms with Gasteiger partial charge in [-0.25, -0.2) is 0 Å². The van der Waals surface area contributed by atoms with Crippen LogP contribution in [0.15, 0.2) is 29.8 Å². The first-order valence-corrected chi connectivity index (χ1v) is 20.9. The summed E-state index contributed by atoms with van der Waals surface area (Å²) in [5.41, 5.74) is 3.29. The number of carbonyl (C=O) groups is 3. The molecule has 3 fully saturated rings. The van der Waals surface area contributed by atoms with E-state index in [0.29, 0.717) is 46.7 Å². The van der Waals surface area contributed by atoms with Crippen LogP contribution in [-0.2, 0) is 25.5 Å².